The van der Waals surface area contributed by atoms with Crippen molar-refractivity contribution in [2.75, 3.05) is 6.54 Å². The molecular formula is C9H10FNO. The Morgan fingerprint density at radius 3 is 2.92 bits per heavy atom. The minimum absolute atomic E-state index is 0.331. The fourth-order valence-electron chi connectivity index (χ4n) is 0.862. The molecular weight excluding hydrogens is 157 g/mol. The smallest absolute Gasteiger partial charge is 0.165 e. The van der Waals surface area contributed by atoms with Crippen LogP contribution in [0.3, 0.4) is 0 Å². The lowest BCUT2D eigenvalue weighted by Gasteiger charge is -1.98. The Morgan fingerprint density at radius 2 is 2.25 bits per heavy atom. The Kier molecular flexibility index (Phi) is 2.82. The molecule has 1 aromatic rings. The number of hydrogen-bond donors (Lipinski definition) is 2. The predicted molar refractivity (Wildman–Crippen MR) is 46.2 cm³/mol. The average Bonchev–Trinajstić information content (AvgIpc) is 2.08. The van der Waals surface area contributed by atoms with Crippen molar-refractivity contribution in [3.05, 3.63) is 35.7 Å². The lowest BCUT2D eigenvalue weighted by Crippen LogP contribution is -1.92. The highest BCUT2D eigenvalue weighted by molar-refractivity contribution is 5.57. The molecule has 0 aliphatic carbocycles. The first-order valence-electron chi connectivity index (χ1n) is 3.60. The van der Waals surface area contributed by atoms with Gasteiger partial charge in [0, 0.05) is 12.1 Å². The van der Waals surface area contributed by atoms with Gasteiger partial charge in [-0.25, -0.2) is 4.39 Å². The Bertz CT molecular complexity index is 297. The van der Waals surface area contributed by atoms with E-state index in [1.807, 2.05) is 0 Å². The molecule has 0 bridgehead atoms. The van der Waals surface area contributed by atoms with Crippen LogP contribution >= 0.6 is 0 Å². The van der Waals surface area contributed by atoms with Gasteiger partial charge in [-0.3, -0.25) is 0 Å². The molecule has 0 atom stereocenters. The second-order valence-electron chi connectivity index (χ2n) is 2.32. The van der Waals surface area contributed by atoms with E-state index in [2.05, 4.69) is 0 Å². The van der Waals surface area contributed by atoms with E-state index in [1.165, 1.54) is 12.1 Å². The van der Waals surface area contributed by atoms with Crippen molar-refractivity contribution in [1.29, 1.82) is 0 Å². The number of halogens is 1. The number of nitrogens with two attached hydrogens (primary N) is 1. The van der Waals surface area contributed by atoms with E-state index in [1.54, 1.807) is 18.2 Å². The number of rotatable bonds is 2. The first-order valence-corrected chi connectivity index (χ1v) is 3.60. The van der Waals surface area contributed by atoms with Crippen LogP contribution < -0.4 is 5.73 Å². The van der Waals surface area contributed by atoms with Crippen LogP contribution in [0.2, 0.25) is 0 Å². The molecule has 3 N–H and O–H groups in total. The average molecular weight is 167 g/mol. The first kappa shape index (κ1) is 8.74. The summed E-state index contributed by atoms with van der Waals surface area (Å²) in [4.78, 5) is 0. The van der Waals surface area contributed by atoms with Gasteiger partial charge in [0.2, 0.25) is 0 Å². The zero-order chi connectivity index (χ0) is 8.97. The van der Waals surface area contributed by atoms with Gasteiger partial charge in [0.1, 0.15) is 0 Å². The quantitative estimate of drug-likeness (QED) is 0.701. The molecule has 0 fully saturated rings. The molecule has 2 nitrogen and oxygen atoms in total. The fourth-order valence-corrected chi connectivity index (χ4v) is 0.862. The monoisotopic (exact) mass is 167 g/mol. The summed E-state index contributed by atoms with van der Waals surface area (Å²) in [6.45, 7) is 0.371. The van der Waals surface area contributed by atoms with Crippen molar-refractivity contribution in [2.24, 2.45) is 5.73 Å². The standard InChI is InChI=1S/C9H10FNO/c10-8-5-1-3-7(9(8)12)4-2-6-11/h1-5,12H,6,11H2/b4-2+. The van der Waals surface area contributed by atoms with Crippen LogP contribution in [-0.4, -0.2) is 11.7 Å². The molecule has 1 aromatic carbocycles. The van der Waals surface area contributed by atoms with E-state index in [4.69, 9.17) is 10.8 Å². The first-order chi connectivity index (χ1) is 5.75. The number of benzene rings is 1. The van der Waals surface area contributed by atoms with Gasteiger partial charge in [-0.1, -0.05) is 24.3 Å². The van der Waals surface area contributed by atoms with E-state index in [0.717, 1.165) is 0 Å². The maximum Gasteiger partial charge on any atom is 0.165 e. The summed E-state index contributed by atoms with van der Waals surface area (Å²) >= 11 is 0. The van der Waals surface area contributed by atoms with Crippen LogP contribution in [0.4, 0.5) is 4.39 Å². The Hall–Kier alpha value is -1.35. The van der Waals surface area contributed by atoms with Gasteiger partial charge < -0.3 is 10.8 Å². The number of phenols is 1. The van der Waals surface area contributed by atoms with Gasteiger partial charge in [0.05, 0.1) is 0 Å². The van der Waals surface area contributed by atoms with E-state index >= 15 is 0 Å². The molecule has 0 aliphatic rings. The zero-order valence-electron chi connectivity index (χ0n) is 6.50. The predicted octanol–water partition coefficient (Wildman–Crippen LogP) is 1.50. The number of hydrogen-bond acceptors (Lipinski definition) is 2. The van der Waals surface area contributed by atoms with Crippen molar-refractivity contribution >= 4 is 6.08 Å². The topological polar surface area (TPSA) is 46.2 Å². The summed E-state index contributed by atoms with van der Waals surface area (Å²) < 4.78 is 12.7. The number of para-hydroxylation sites is 1. The minimum Gasteiger partial charge on any atom is -0.504 e. The van der Waals surface area contributed by atoms with E-state index in [0.29, 0.717) is 12.1 Å². The molecule has 0 aromatic heterocycles. The zero-order valence-corrected chi connectivity index (χ0v) is 6.50. The lowest BCUT2D eigenvalue weighted by molar-refractivity contribution is 0.431. The molecule has 3 heteroatoms. The molecule has 0 heterocycles. The summed E-state index contributed by atoms with van der Waals surface area (Å²) in [7, 11) is 0. The van der Waals surface area contributed by atoms with Gasteiger partial charge in [-0.15, -0.1) is 0 Å². The highest BCUT2D eigenvalue weighted by atomic mass is 19.1. The van der Waals surface area contributed by atoms with Crippen LogP contribution in [-0.2, 0) is 0 Å². The molecule has 1 rings (SSSR count). The number of aromatic hydroxyl groups is 1. The van der Waals surface area contributed by atoms with Gasteiger partial charge >= 0.3 is 0 Å². The van der Waals surface area contributed by atoms with Gasteiger partial charge in [0.15, 0.2) is 11.6 Å². The maximum atomic E-state index is 12.7. The fraction of sp³-hybridized carbons (Fsp3) is 0.111. The van der Waals surface area contributed by atoms with Crippen molar-refractivity contribution in [3.8, 4) is 5.75 Å². The van der Waals surface area contributed by atoms with Crippen molar-refractivity contribution in [3.63, 3.8) is 0 Å². The third-order valence-corrected chi connectivity index (χ3v) is 1.45. The Morgan fingerprint density at radius 1 is 1.50 bits per heavy atom. The molecule has 12 heavy (non-hydrogen) atoms. The van der Waals surface area contributed by atoms with E-state index in [9.17, 15) is 4.39 Å². The second-order valence-corrected chi connectivity index (χ2v) is 2.32. The summed E-state index contributed by atoms with van der Waals surface area (Å²) in [6.07, 6.45) is 3.23. The van der Waals surface area contributed by atoms with E-state index in [-0.39, 0.29) is 5.75 Å². The van der Waals surface area contributed by atoms with Crippen molar-refractivity contribution in [1.82, 2.24) is 0 Å². The van der Waals surface area contributed by atoms with Crippen LogP contribution in [0.5, 0.6) is 5.75 Å². The molecule has 0 spiro atoms. The molecule has 0 unspecified atom stereocenters. The second kappa shape index (κ2) is 3.88. The highest BCUT2D eigenvalue weighted by Crippen LogP contribution is 2.21. The molecule has 0 saturated heterocycles. The molecule has 0 radical (unpaired) electrons. The lowest BCUT2D eigenvalue weighted by atomic mass is 10.2. The molecule has 0 saturated carbocycles. The highest BCUT2D eigenvalue weighted by Gasteiger charge is 2.01. The largest absolute Gasteiger partial charge is 0.504 e. The molecule has 0 aliphatic heterocycles. The summed E-state index contributed by atoms with van der Waals surface area (Å²) in [5.41, 5.74) is 5.65. The van der Waals surface area contributed by atoms with Crippen LogP contribution in [0.25, 0.3) is 6.08 Å². The summed E-state index contributed by atoms with van der Waals surface area (Å²) in [5, 5.41) is 9.16. The summed E-state index contributed by atoms with van der Waals surface area (Å²) in [5.74, 6) is -0.948. The Labute approximate surface area is 70.1 Å². The normalized spacial score (nSPS) is 10.8. The minimum atomic E-state index is -0.617. The third-order valence-electron chi connectivity index (χ3n) is 1.45. The molecule has 0 amide bonds. The maximum absolute atomic E-state index is 12.7. The van der Waals surface area contributed by atoms with Gasteiger partial charge in [-0.2, -0.15) is 0 Å². The van der Waals surface area contributed by atoms with Crippen LogP contribution in [0, 0.1) is 5.82 Å². The van der Waals surface area contributed by atoms with Crippen LogP contribution in [0.1, 0.15) is 5.56 Å². The van der Waals surface area contributed by atoms with Crippen molar-refractivity contribution < 1.29 is 9.50 Å². The number of phenolic OH excluding ortho intramolecular Hbond substituents is 1. The van der Waals surface area contributed by atoms with Gasteiger partial charge in [-0.05, 0) is 6.07 Å². The summed E-state index contributed by atoms with van der Waals surface area (Å²) in [6, 6.07) is 4.35. The van der Waals surface area contributed by atoms with Crippen molar-refractivity contribution in [2.45, 2.75) is 0 Å². The van der Waals surface area contributed by atoms with Gasteiger partial charge in [0.25, 0.3) is 0 Å². The van der Waals surface area contributed by atoms with E-state index < -0.39 is 5.82 Å². The van der Waals surface area contributed by atoms with Crippen LogP contribution in [0.15, 0.2) is 24.3 Å². The SMILES string of the molecule is NC/C=C/c1cccc(F)c1O. The third kappa shape index (κ3) is 1.83. The molecule has 64 valence electrons. The Balaban J connectivity index is 3.00.